The molecule has 0 amide bonds. The minimum absolute atomic E-state index is 0. The predicted octanol–water partition coefficient (Wildman–Crippen LogP) is 0.283. The fraction of sp³-hybridized carbons (Fsp3) is 0. The van der Waals surface area contributed by atoms with E-state index in [0.717, 1.165) is 0 Å². The van der Waals surface area contributed by atoms with E-state index >= 15 is 0 Å². The first-order chi connectivity index (χ1) is 3.39. The van der Waals surface area contributed by atoms with Crippen LogP contribution in [-0.2, 0) is 0 Å². The van der Waals surface area contributed by atoms with Gasteiger partial charge in [-0.25, -0.2) is 4.98 Å². The fourth-order valence-corrected chi connectivity index (χ4v) is 0.376. The van der Waals surface area contributed by atoms with Crippen LogP contribution in [0.25, 0.3) is 0 Å². The Morgan fingerprint density at radius 3 is 2.38 bits per heavy atom. The molecule has 0 aliphatic rings. The maximum Gasteiger partial charge on any atom is 0.123 e. The zero-order valence-electron chi connectivity index (χ0n) is 4.33. The lowest BCUT2D eigenvalue weighted by Gasteiger charge is -1.82. The molecule has 4 radical (unpaired) electrons. The summed E-state index contributed by atoms with van der Waals surface area (Å²) in [6, 6.07) is 5.43. The molecule has 1 rings (SSSR count). The van der Waals surface area contributed by atoms with Gasteiger partial charge in [0.1, 0.15) is 5.82 Å². The Balaban J connectivity index is 0.000000490. The number of anilines is 1. The molecule has 3 heteroatoms. The predicted molar refractivity (Wildman–Crippen MR) is 34.4 cm³/mol. The average molecular weight is 122 g/mol. The molecule has 1 aromatic rings. The monoisotopic (exact) mass is 122 g/mol. The van der Waals surface area contributed by atoms with Gasteiger partial charge in [-0.1, -0.05) is 6.07 Å². The Morgan fingerprint density at radius 1 is 1.38 bits per heavy atom. The minimum atomic E-state index is 0. The lowest BCUT2D eigenvalue weighted by molar-refractivity contribution is 1.34. The molecule has 0 saturated carbocycles. The molecule has 0 spiro atoms. The second kappa shape index (κ2) is 3.21. The zero-order chi connectivity index (χ0) is 5.11. The van der Waals surface area contributed by atoms with E-state index in [4.69, 9.17) is 5.73 Å². The van der Waals surface area contributed by atoms with Crippen LogP contribution in [0.5, 0.6) is 0 Å². The highest BCUT2D eigenvalue weighted by Crippen LogP contribution is 1.89. The quantitative estimate of drug-likeness (QED) is 0.502. The lowest BCUT2D eigenvalue weighted by Crippen LogP contribution is -1.85. The van der Waals surface area contributed by atoms with Crippen molar-refractivity contribution in [1.82, 2.24) is 4.98 Å². The fourth-order valence-electron chi connectivity index (χ4n) is 0.376. The molecule has 0 saturated heterocycles. The molecule has 0 bridgehead atoms. The summed E-state index contributed by atoms with van der Waals surface area (Å²) in [6.45, 7) is 0. The Morgan fingerprint density at radius 2 is 2.12 bits per heavy atom. The van der Waals surface area contributed by atoms with Crippen LogP contribution in [0.4, 0.5) is 5.82 Å². The average Bonchev–Trinajstić information content (AvgIpc) is 1.69. The number of pyridine rings is 1. The van der Waals surface area contributed by atoms with Crippen molar-refractivity contribution in [2.45, 2.75) is 0 Å². The number of rotatable bonds is 0. The molecule has 40 valence electrons. The SMILES string of the molecule is Nc1ccccn1.[Si]. The summed E-state index contributed by atoms with van der Waals surface area (Å²) in [5.74, 6) is 0.572. The third-order valence-corrected chi connectivity index (χ3v) is 0.688. The van der Waals surface area contributed by atoms with E-state index in [2.05, 4.69) is 4.98 Å². The van der Waals surface area contributed by atoms with Gasteiger partial charge in [0.15, 0.2) is 0 Å². The minimum Gasteiger partial charge on any atom is -0.384 e. The molecule has 0 fully saturated rings. The number of aromatic nitrogens is 1. The molecule has 0 atom stereocenters. The van der Waals surface area contributed by atoms with Crippen LogP contribution in [0.1, 0.15) is 0 Å². The van der Waals surface area contributed by atoms with Crippen LogP contribution in [0, 0.1) is 0 Å². The van der Waals surface area contributed by atoms with Crippen molar-refractivity contribution < 1.29 is 0 Å². The molecule has 0 aromatic carbocycles. The molecule has 0 aliphatic carbocycles. The molecule has 2 nitrogen and oxygen atoms in total. The van der Waals surface area contributed by atoms with Gasteiger partial charge in [0.05, 0.1) is 0 Å². The van der Waals surface area contributed by atoms with Crippen molar-refractivity contribution in [2.75, 3.05) is 5.73 Å². The van der Waals surface area contributed by atoms with E-state index in [-0.39, 0.29) is 11.0 Å². The smallest absolute Gasteiger partial charge is 0.123 e. The Labute approximate surface area is 52.8 Å². The lowest BCUT2D eigenvalue weighted by atomic mass is 10.5. The van der Waals surface area contributed by atoms with E-state index in [1.807, 2.05) is 12.1 Å². The molecule has 0 aliphatic heterocycles. The summed E-state index contributed by atoms with van der Waals surface area (Å²) >= 11 is 0. The summed E-state index contributed by atoms with van der Waals surface area (Å²) in [5, 5.41) is 0. The molecular formula is C5H6N2Si. The number of hydrogen-bond donors (Lipinski definition) is 1. The van der Waals surface area contributed by atoms with Crippen LogP contribution in [0.3, 0.4) is 0 Å². The summed E-state index contributed by atoms with van der Waals surface area (Å²) < 4.78 is 0. The first kappa shape index (κ1) is 7.17. The normalized spacial score (nSPS) is 7.50. The highest BCUT2D eigenvalue weighted by molar-refractivity contribution is 5.75. The van der Waals surface area contributed by atoms with Gasteiger partial charge in [0.25, 0.3) is 0 Å². The van der Waals surface area contributed by atoms with E-state index in [9.17, 15) is 0 Å². The highest BCUT2D eigenvalue weighted by Gasteiger charge is 1.73. The number of nitrogen functional groups attached to an aromatic ring is 1. The topological polar surface area (TPSA) is 38.9 Å². The summed E-state index contributed by atoms with van der Waals surface area (Å²) in [6.07, 6.45) is 1.66. The molecule has 1 aromatic heterocycles. The first-order valence-electron chi connectivity index (χ1n) is 2.06. The molecular weight excluding hydrogens is 116 g/mol. The largest absolute Gasteiger partial charge is 0.384 e. The van der Waals surface area contributed by atoms with Crippen molar-refractivity contribution >= 4 is 16.8 Å². The van der Waals surface area contributed by atoms with Gasteiger partial charge in [-0.2, -0.15) is 0 Å². The second-order valence-corrected chi connectivity index (χ2v) is 1.25. The van der Waals surface area contributed by atoms with Crippen molar-refractivity contribution in [1.29, 1.82) is 0 Å². The first-order valence-corrected chi connectivity index (χ1v) is 2.06. The maximum absolute atomic E-state index is 5.25. The van der Waals surface area contributed by atoms with Gasteiger partial charge < -0.3 is 5.73 Å². The summed E-state index contributed by atoms with van der Waals surface area (Å²) in [5.41, 5.74) is 5.25. The van der Waals surface area contributed by atoms with Gasteiger partial charge in [-0.05, 0) is 12.1 Å². The van der Waals surface area contributed by atoms with Crippen molar-refractivity contribution in [3.8, 4) is 0 Å². The van der Waals surface area contributed by atoms with Crippen LogP contribution in [0.2, 0.25) is 0 Å². The van der Waals surface area contributed by atoms with Gasteiger partial charge in [0.2, 0.25) is 0 Å². The maximum atomic E-state index is 5.25. The van der Waals surface area contributed by atoms with Gasteiger partial charge in [-0.3, -0.25) is 0 Å². The Hall–Kier alpha value is -0.833. The highest BCUT2D eigenvalue weighted by atomic mass is 28.1. The standard InChI is InChI=1S/C5H6N2.Si/c6-5-3-1-2-4-7-5;/h1-4H,(H2,6,7);. The third-order valence-electron chi connectivity index (χ3n) is 0.688. The molecule has 0 unspecified atom stereocenters. The van der Waals surface area contributed by atoms with E-state index < -0.39 is 0 Å². The van der Waals surface area contributed by atoms with Crippen molar-refractivity contribution in [3.05, 3.63) is 24.4 Å². The van der Waals surface area contributed by atoms with Crippen LogP contribution in [-0.4, -0.2) is 15.9 Å². The van der Waals surface area contributed by atoms with E-state index in [1.54, 1.807) is 12.3 Å². The van der Waals surface area contributed by atoms with Crippen LogP contribution in [0.15, 0.2) is 24.4 Å². The van der Waals surface area contributed by atoms with Gasteiger partial charge in [0, 0.05) is 17.2 Å². The second-order valence-electron chi connectivity index (χ2n) is 1.25. The molecule has 1 heterocycles. The summed E-state index contributed by atoms with van der Waals surface area (Å²) in [4.78, 5) is 3.76. The molecule has 2 N–H and O–H groups in total. The molecule has 8 heavy (non-hydrogen) atoms. The van der Waals surface area contributed by atoms with Gasteiger partial charge in [-0.15, -0.1) is 0 Å². The van der Waals surface area contributed by atoms with Crippen LogP contribution < -0.4 is 5.73 Å². The van der Waals surface area contributed by atoms with Crippen molar-refractivity contribution in [2.24, 2.45) is 0 Å². The number of nitrogens with zero attached hydrogens (tertiary/aromatic N) is 1. The summed E-state index contributed by atoms with van der Waals surface area (Å²) in [7, 11) is 0. The number of hydrogen-bond acceptors (Lipinski definition) is 2. The van der Waals surface area contributed by atoms with E-state index in [1.165, 1.54) is 0 Å². The Bertz CT molecular complexity index is 140. The Kier molecular flexibility index (Phi) is 2.87. The van der Waals surface area contributed by atoms with Crippen LogP contribution >= 0.6 is 0 Å². The van der Waals surface area contributed by atoms with Gasteiger partial charge >= 0.3 is 0 Å². The zero-order valence-corrected chi connectivity index (χ0v) is 5.33. The van der Waals surface area contributed by atoms with E-state index in [0.29, 0.717) is 5.82 Å². The van der Waals surface area contributed by atoms with Crippen molar-refractivity contribution in [3.63, 3.8) is 0 Å². The number of nitrogens with two attached hydrogens (primary N) is 1. The third kappa shape index (κ3) is 1.75.